The first-order valence-corrected chi connectivity index (χ1v) is 6.87. The number of hydrogen-bond donors (Lipinski definition) is 1. The maximum atomic E-state index is 5.46. The van der Waals surface area contributed by atoms with Gasteiger partial charge in [-0.25, -0.2) is 0 Å². The molecule has 0 bridgehead atoms. The monoisotopic (exact) mass is 245 g/mol. The van der Waals surface area contributed by atoms with Crippen LogP contribution < -0.4 is 0 Å². The lowest BCUT2D eigenvalue weighted by Crippen LogP contribution is -2.43. The highest BCUT2D eigenvalue weighted by molar-refractivity contribution is 7.80. The van der Waals surface area contributed by atoms with Crippen LogP contribution in [0.5, 0.6) is 0 Å². The van der Waals surface area contributed by atoms with Crippen LogP contribution in [-0.4, -0.2) is 44.0 Å². The maximum Gasteiger partial charge on any atom is 0.0472 e. The molecule has 0 unspecified atom stereocenters. The Bertz CT molecular complexity index is 206. The zero-order chi connectivity index (χ0) is 12.2. The molecule has 0 aromatic carbocycles. The molecule has 0 saturated carbocycles. The molecule has 1 rings (SSSR count). The van der Waals surface area contributed by atoms with Gasteiger partial charge in [0.15, 0.2) is 0 Å². The maximum absolute atomic E-state index is 5.46. The lowest BCUT2D eigenvalue weighted by atomic mass is 9.81. The van der Waals surface area contributed by atoms with Gasteiger partial charge in [0, 0.05) is 26.3 Å². The standard InChI is InChI=1S/C13H27NOS/c1-12(2,3)9-14(4)10-13(11-16)5-7-15-8-6-13/h16H,5-11H2,1-4H3. The van der Waals surface area contributed by atoms with Gasteiger partial charge in [-0.2, -0.15) is 12.6 Å². The van der Waals surface area contributed by atoms with Crippen molar-refractivity contribution in [2.24, 2.45) is 10.8 Å². The summed E-state index contributed by atoms with van der Waals surface area (Å²) in [6.45, 7) is 11.0. The van der Waals surface area contributed by atoms with Crippen molar-refractivity contribution < 1.29 is 4.74 Å². The molecule has 0 N–H and O–H groups in total. The Kier molecular flexibility index (Phi) is 5.14. The van der Waals surface area contributed by atoms with E-state index in [4.69, 9.17) is 4.74 Å². The summed E-state index contributed by atoms with van der Waals surface area (Å²) in [5, 5.41) is 0. The summed E-state index contributed by atoms with van der Waals surface area (Å²) in [4.78, 5) is 2.46. The van der Waals surface area contributed by atoms with Gasteiger partial charge in [-0.1, -0.05) is 20.8 Å². The predicted octanol–water partition coefficient (Wildman–Crippen LogP) is 2.69. The fourth-order valence-electron chi connectivity index (χ4n) is 2.61. The van der Waals surface area contributed by atoms with Gasteiger partial charge < -0.3 is 9.64 Å². The molecule has 0 amide bonds. The van der Waals surface area contributed by atoms with Crippen molar-refractivity contribution in [3.05, 3.63) is 0 Å². The molecule has 1 fully saturated rings. The number of nitrogens with zero attached hydrogens (tertiary/aromatic N) is 1. The van der Waals surface area contributed by atoms with Crippen LogP contribution in [0.2, 0.25) is 0 Å². The minimum Gasteiger partial charge on any atom is -0.381 e. The SMILES string of the molecule is CN(CC(C)(C)C)CC1(CS)CCOCC1. The van der Waals surface area contributed by atoms with Gasteiger partial charge in [0.2, 0.25) is 0 Å². The fourth-order valence-corrected chi connectivity index (χ4v) is 3.03. The van der Waals surface area contributed by atoms with Crippen LogP contribution in [0.1, 0.15) is 33.6 Å². The van der Waals surface area contributed by atoms with Gasteiger partial charge in [-0.15, -0.1) is 0 Å². The van der Waals surface area contributed by atoms with Crippen molar-refractivity contribution in [1.82, 2.24) is 4.90 Å². The highest BCUT2D eigenvalue weighted by Gasteiger charge is 2.33. The van der Waals surface area contributed by atoms with E-state index < -0.39 is 0 Å². The lowest BCUT2D eigenvalue weighted by Gasteiger charge is -2.40. The molecule has 3 heteroatoms. The van der Waals surface area contributed by atoms with E-state index in [1.807, 2.05) is 0 Å². The van der Waals surface area contributed by atoms with Gasteiger partial charge in [0.05, 0.1) is 0 Å². The molecule has 0 aliphatic carbocycles. The Hall–Kier alpha value is 0.270. The first kappa shape index (κ1) is 14.3. The Morgan fingerprint density at radius 1 is 1.25 bits per heavy atom. The Balaban J connectivity index is 2.48. The van der Waals surface area contributed by atoms with E-state index in [2.05, 4.69) is 45.3 Å². The molecule has 0 aromatic heterocycles. The third-order valence-electron chi connectivity index (χ3n) is 3.24. The highest BCUT2D eigenvalue weighted by Crippen LogP contribution is 2.33. The molecule has 0 radical (unpaired) electrons. The van der Waals surface area contributed by atoms with Gasteiger partial charge in [0.25, 0.3) is 0 Å². The Morgan fingerprint density at radius 2 is 1.81 bits per heavy atom. The summed E-state index contributed by atoms with van der Waals surface area (Å²) < 4.78 is 5.46. The molecule has 1 aliphatic heterocycles. The summed E-state index contributed by atoms with van der Waals surface area (Å²) in [7, 11) is 2.23. The fraction of sp³-hybridized carbons (Fsp3) is 1.00. The zero-order valence-electron chi connectivity index (χ0n) is 11.3. The summed E-state index contributed by atoms with van der Waals surface area (Å²) >= 11 is 4.55. The minimum atomic E-state index is 0.373. The van der Waals surface area contributed by atoms with Crippen molar-refractivity contribution in [1.29, 1.82) is 0 Å². The second-order valence-electron chi connectivity index (χ2n) is 6.50. The van der Waals surface area contributed by atoms with Crippen LogP contribution in [0.25, 0.3) is 0 Å². The van der Waals surface area contributed by atoms with Crippen LogP contribution in [-0.2, 0) is 4.74 Å². The third-order valence-corrected chi connectivity index (χ3v) is 3.91. The minimum absolute atomic E-state index is 0.373. The quantitative estimate of drug-likeness (QED) is 0.765. The normalized spacial score (nSPS) is 21.4. The molecule has 1 heterocycles. The second kappa shape index (κ2) is 5.74. The van der Waals surface area contributed by atoms with Crippen LogP contribution in [0, 0.1) is 10.8 Å². The molecule has 1 saturated heterocycles. The van der Waals surface area contributed by atoms with Gasteiger partial charge in [-0.05, 0) is 36.5 Å². The van der Waals surface area contributed by atoms with E-state index >= 15 is 0 Å². The van der Waals surface area contributed by atoms with E-state index in [0.29, 0.717) is 10.8 Å². The number of rotatable bonds is 4. The van der Waals surface area contributed by atoms with Crippen LogP contribution >= 0.6 is 12.6 Å². The van der Waals surface area contributed by atoms with E-state index in [9.17, 15) is 0 Å². The Morgan fingerprint density at radius 3 is 2.25 bits per heavy atom. The van der Waals surface area contributed by atoms with Crippen molar-refractivity contribution in [3.8, 4) is 0 Å². The summed E-state index contributed by atoms with van der Waals surface area (Å²) in [6, 6.07) is 0. The molecule has 0 aromatic rings. The van der Waals surface area contributed by atoms with Crippen molar-refractivity contribution >= 4 is 12.6 Å². The number of thiol groups is 1. The number of hydrogen-bond acceptors (Lipinski definition) is 3. The average Bonchev–Trinajstić information content (AvgIpc) is 2.16. The second-order valence-corrected chi connectivity index (χ2v) is 6.82. The zero-order valence-corrected chi connectivity index (χ0v) is 12.1. The van der Waals surface area contributed by atoms with Crippen LogP contribution in [0.3, 0.4) is 0 Å². The summed E-state index contributed by atoms with van der Waals surface area (Å²) in [5.41, 5.74) is 0.749. The van der Waals surface area contributed by atoms with Gasteiger partial charge in [-0.3, -0.25) is 0 Å². The molecule has 1 aliphatic rings. The first-order valence-electron chi connectivity index (χ1n) is 6.24. The molecular weight excluding hydrogens is 218 g/mol. The van der Waals surface area contributed by atoms with Crippen molar-refractivity contribution in [2.75, 3.05) is 39.1 Å². The van der Waals surface area contributed by atoms with Gasteiger partial charge >= 0.3 is 0 Å². The van der Waals surface area contributed by atoms with Crippen LogP contribution in [0.15, 0.2) is 0 Å². The summed E-state index contributed by atoms with van der Waals surface area (Å²) in [6.07, 6.45) is 2.32. The van der Waals surface area contributed by atoms with Crippen molar-refractivity contribution in [3.63, 3.8) is 0 Å². The molecule has 0 spiro atoms. The van der Waals surface area contributed by atoms with Crippen molar-refractivity contribution in [2.45, 2.75) is 33.6 Å². The molecule has 2 nitrogen and oxygen atoms in total. The molecular formula is C13H27NOS. The molecule has 96 valence electrons. The predicted molar refractivity (Wildman–Crippen MR) is 73.3 cm³/mol. The van der Waals surface area contributed by atoms with Gasteiger partial charge in [0.1, 0.15) is 0 Å². The first-order chi connectivity index (χ1) is 7.37. The summed E-state index contributed by atoms with van der Waals surface area (Å²) in [5.74, 6) is 0.977. The smallest absolute Gasteiger partial charge is 0.0472 e. The molecule has 16 heavy (non-hydrogen) atoms. The average molecular weight is 245 g/mol. The van der Waals surface area contributed by atoms with E-state index in [-0.39, 0.29) is 0 Å². The lowest BCUT2D eigenvalue weighted by molar-refractivity contribution is 0.00774. The van der Waals surface area contributed by atoms with E-state index in [1.165, 1.54) is 0 Å². The van der Waals surface area contributed by atoms with Crippen LogP contribution in [0.4, 0.5) is 0 Å². The number of ether oxygens (including phenoxy) is 1. The Labute approximate surface area is 106 Å². The van der Waals surface area contributed by atoms with E-state index in [1.54, 1.807) is 0 Å². The van der Waals surface area contributed by atoms with E-state index in [0.717, 1.165) is 44.9 Å². The largest absolute Gasteiger partial charge is 0.381 e. The topological polar surface area (TPSA) is 12.5 Å². The highest BCUT2D eigenvalue weighted by atomic mass is 32.1. The molecule has 0 atom stereocenters. The third kappa shape index (κ3) is 4.64.